The zero-order chi connectivity index (χ0) is 13.2. The number of rotatable bonds is 2. The van der Waals surface area contributed by atoms with Gasteiger partial charge in [-0.25, -0.2) is 0 Å². The van der Waals surface area contributed by atoms with Crippen molar-refractivity contribution in [2.45, 2.75) is 46.1 Å². The summed E-state index contributed by atoms with van der Waals surface area (Å²) in [6.07, 6.45) is 0. The van der Waals surface area contributed by atoms with Crippen molar-refractivity contribution >= 4 is 21.8 Å². The third kappa shape index (κ3) is 3.84. The number of halogens is 1. The van der Waals surface area contributed by atoms with E-state index < -0.39 is 0 Å². The molecule has 0 aliphatic carbocycles. The summed E-state index contributed by atoms with van der Waals surface area (Å²) in [5.41, 5.74) is 1.98. The van der Waals surface area contributed by atoms with E-state index in [1.807, 2.05) is 32.0 Å². The van der Waals surface area contributed by atoms with Crippen LogP contribution in [0.2, 0.25) is 0 Å². The summed E-state index contributed by atoms with van der Waals surface area (Å²) in [6.45, 7) is 10.4. The van der Waals surface area contributed by atoms with Gasteiger partial charge in [-0.05, 0) is 37.0 Å². The fourth-order valence-corrected chi connectivity index (χ4v) is 2.58. The van der Waals surface area contributed by atoms with Crippen molar-refractivity contribution in [3.8, 4) is 0 Å². The van der Waals surface area contributed by atoms with Gasteiger partial charge in [0.25, 0.3) is 5.91 Å². The molecule has 0 atom stereocenters. The summed E-state index contributed by atoms with van der Waals surface area (Å²) in [5, 5.41) is 2.88. The quantitative estimate of drug-likeness (QED) is 0.882. The minimum Gasteiger partial charge on any atom is -0.350 e. The van der Waals surface area contributed by atoms with E-state index in [0.717, 1.165) is 4.47 Å². The molecule has 0 aliphatic rings. The Morgan fingerprint density at radius 1 is 1.29 bits per heavy atom. The van der Waals surface area contributed by atoms with Gasteiger partial charge in [-0.15, -0.1) is 0 Å². The van der Waals surface area contributed by atoms with Crippen LogP contribution in [0.1, 0.15) is 50.5 Å². The molecule has 0 heterocycles. The van der Waals surface area contributed by atoms with E-state index in [-0.39, 0.29) is 17.4 Å². The van der Waals surface area contributed by atoms with Gasteiger partial charge in [-0.3, -0.25) is 4.79 Å². The van der Waals surface area contributed by atoms with Gasteiger partial charge < -0.3 is 5.32 Å². The maximum Gasteiger partial charge on any atom is 0.251 e. The van der Waals surface area contributed by atoms with Gasteiger partial charge in [0.1, 0.15) is 0 Å². The summed E-state index contributed by atoms with van der Waals surface area (Å²) in [7, 11) is 0. The molecular weight excluding hydrogens is 278 g/mol. The van der Waals surface area contributed by atoms with Gasteiger partial charge in [0.15, 0.2) is 0 Å². The Kier molecular flexibility index (Phi) is 4.36. The van der Waals surface area contributed by atoms with Crippen molar-refractivity contribution in [1.82, 2.24) is 5.32 Å². The molecule has 0 fully saturated rings. The molecule has 94 valence electrons. The molecule has 1 aromatic rings. The van der Waals surface area contributed by atoms with E-state index in [9.17, 15) is 4.79 Å². The van der Waals surface area contributed by atoms with Crippen LogP contribution < -0.4 is 5.32 Å². The van der Waals surface area contributed by atoms with Gasteiger partial charge in [0.05, 0.1) is 0 Å². The van der Waals surface area contributed by atoms with Gasteiger partial charge in [0.2, 0.25) is 0 Å². The number of carbonyl (C=O) groups is 1. The third-order valence-corrected chi connectivity index (χ3v) is 3.12. The molecule has 2 nitrogen and oxygen atoms in total. The SMILES string of the molecule is CC(C)NC(=O)c1ccc(C(C)(C)C)c(Br)c1. The van der Waals surface area contributed by atoms with Crippen LogP contribution in [0.4, 0.5) is 0 Å². The lowest BCUT2D eigenvalue weighted by atomic mass is 9.86. The van der Waals surface area contributed by atoms with E-state index in [2.05, 4.69) is 42.0 Å². The Hall–Kier alpha value is -0.830. The third-order valence-electron chi connectivity index (χ3n) is 2.46. The minimum absolute atomic E-state index is 0.0267. The number of nitrogens with one attached hydrogen (secondary N) is 1. The molecule has 0 aliphatic heterocycles. The monoisotopic (exact) mass is 297 g/mol. The second-order valence-corrected chi connectivity index (χ2v) is 6.43. The van der Waals surface area contributed by atoms with Crippen molar-refractivity contribution in [3.63, 3.8) is 0 Å². The lowest BCUT2D eigenvalue weighted by Gasteiger charge is -2.21. The van der Waals surface area contributed by atoms with E-state index in [1.165, 1.54) is 5.56 Å². The first-order valence-corrected chi connectivity index (χ1v) is 6.62. The second-order valence-electron chi connectivity index (χ2n) is 5.57. The van der Waals surface area contributed by atoms with Crippen LogP contribution in [0.5, 0.6) is 0 Å². The van der Waals surface area contributed by atoms with Crippen LogP contribution in [-0.4, -0.2) is 11.9 Å². The predicted octanol–water partition coefficient (Wildman–Crippen LogP) is 3.88. The van der Waals surface area contributed by atoms with Crippen LogP contribution in [0.25, 0.3) is 0 Å². The highest BCUT2D eigenvalue weighted by atomic mass is 79.9. The summed E-state index contributed by atoms with van der Waals surface area (Å²) in [6, 6.07) is 5.93. The first-order chi connectivity index (χ1) is 7.71. The highest BCUT2D eigenvalue weighted by Crippen LogP contribution is 2.30. The number of hydrogen-bond acceptors (Lipinski definition) is 1. The highest BCUT2D eigenvalue weighted by Gasteiger charge is 2.18. The lowest BCUT2D eigenvalue weighted by Crippen LogP contribution is -2.30. The maximum atomic E-state index is 11.8. The number of carbonyl (C=O) groups excluding carboxylic acids is 1. The van der Waals surface area contributed by atoms with Crippen LogP contribution in [-0.2, 0) is 5.41 Å². The Morgan fingerprint density at radius 2 is 1.88 bits per heavy atom. The summed E-state index contributed by atoms with van der Waals surface area (Å²) < 4.78 is 0.987. The Bertz CT molecular complexity index is 419. The van der Waals surface area contributed by atoms with Crippen LogP contribution >= 0.6 is 15.9 Å². The van der Waals surface area contributed by atoms with Crippen molar-refractivity contribution < 1.29 is 4.79 Å². The zero-order valence-corrected chi connectivity index (χ0v) is 12.7. The standard InChI is InChI=1S/C14H20BrNO/c1-9(2)16-13(17)10-6-7-11(12(15)8-10)14(3,4)5/h6-9H,1-5H3,(H,16,17). The van der Waals surface area contributed by atoms with Crippen molar-refractivity contribution in [1.29, 1.82) is 0 Å². The van der Waals surface area contributed by atoms with E-state index in [1.54, 1.807) is 0 Å². The largest absolute Gasteiger partial charge is 0.350 e. The maximum absolute atomic E-state index is 11.8. The molecule has 1 N–H and O–H groups in total. The molecule has 1 aromatic carbocycles. The Morgan fingerprint density at radius 3 is 2.29 bits per heavy atom. The van der Waals surface area contributed by atoms with Crippen LogP contribution in [0.3, 0.4) is 0 Å². The normalized spacial score (nSPS) is 11.7. The summed E-state index contributed by atoms with van der Waals surface area (Å²) in [5.74, 6) is -0.0267. The number of amides is 1. The predicted molar refractivity (Wildman–Crippen MR) is 75.4 cm³/mol. The Labute approximate surface area is 112 Å². The summed E-state index contributed by atoms with van der Waals surface area (Å²) in [4.78, 5) is 11.8. The molecular formula is C14H20BrNO. The van der Waals surface area contributed by atoms with E-state index in [4.69, 9.17) is 0 Å². The van der Waals surface area contributed by atoms with Crippen LogP contribution in [0.15, 0.2) is 22.7 Å². The fourth-order valence-electron chi connectivity index (χ4n) is 1.61. The second kappa shape index (κ2) is 5.21. The van der Waals surface area contributed by atoms with Crippen molar-refractivity contribution in [2.24, 2.45) is 0 Å². The van der Waals surface area contributed by atoms with Gasteiger partial charge in [-0.1, -0.05) is 42.8 Å². The minimum atomic E-state index is -0.0267. The van der Waals surface area contributed by atoms with Gasteiger partial charge in [-0.2, -0.15) is 0 Å². The average molecular weight is 298 g/mol. The van der Waals surface area contributed by atoms with E-state index in [0.29, 0.717) is 5.56 Å². The molecule has 0 saturated heterocycles. The number of hydrogen-bond donors (Lipinski definition) is 1. The van der Waals surface area contributed by atoms with Gasteiger partial charge >= 0.3 is 0 Å². The molecule has 0 bridgehead atoms. The first-order valence-electron chi connectivity index (χ1n) is 5.82. The Balaban J connectivity index is 3.01. The van der Waals surface area contributed by atoms with Crippen molar-refractivity contribution in [3.05, 3.63) is 33.8 Å². The molecule has 1 rings (SSSR count). The van der Waals surface area contributed by atoms with Gasteiger partial charge in [0, 0.05) is 16.1 Å². The lowest BCUT2D eigenvalue weighted by molar-refractivity contribution is 0.0943. The molecule has 0 aromatic heterocycles. The molecule has 0 radical (unpaired) electrons. The molecule has 1 amide bonds. The van der Waals surface area contributed by atoms with Crippen molar-refractivity contribution in [2.75, 3.05) is 0 Å². The fraction of sp³-hybridized carbons (Fsp3) is 0.500. The molecule has 3 heteroatoms. The van der Waals surface area contributed by atoms with E-state index >= 15 is 0 Å². The number of benzene rings is 1. The topological polar surface area (TPSA) is 29.1 Å². The zero-order valence-electron chi connectivity index (χ0n) is 11.1. The molecule has 0 spiro atoms. The molecule has 17 heavy (non-hydrogen) atoms. The van der Waals surface area contributed by atoms with Crippen LogP contribution in [0, 0.1) is 0 Å². The first kappa shape index (κ1) is 14.2. The molecule has 0 unspecified atom stereocenters. The highest BCUT2D eigenvalue weighted by molar-refractivity contribution is 9.10. The summed E-state index contributed by atoms with van der Waals surface area (Å²) >= 11 is 3.54. The molecule has 0 saturated carbocycles. The smallest absolute Gasteiger partial charge is 0.251 e. The average Bonchev–Trinajstić information content (AvgIpc) is 2.14.